The highest BCUT2D eigenvalue weighted by Gasteiger charge is 2.34. The van der Waals surface area contributed by atoms with Gasteiger partial charge in [0, 0.05) is 51.7 Å². The first-order valence-corrected chi connectivity index (χ1v) is 10.8. The van der Waals surface area contributed by atoms with E-state index >= 15 is 0 Å². The normalized spacial score (nSPS) is 15.6. The zero-order valence-corrected chi connectivity index (χ0v) is 17.6. The fraction of sp³-hybridized carbons (Fsp3) is 0.474. The highest BCUT2D eigenvalue weighted by atomic mass is 32.2. The molecule has 0 radical (unpaired) electrons. The summed E-state index contributed by atoms with van der Waals surface area (Å²) in [5, 5.41) is 6.54. The molecule has 2 heterocycles. The number of nitrogens with zero attached hydrogens (tertiary/aromatic N) is 4. The minimum Gasteiger partial charge on any atom is -0.369 e. The van der Waals surface area contributed by atoms with Crippen molar-refractivity contribution in [1.29, 1.82) is 0 Å². The zero-order valence-electron chi connectivity index (χ0n) is 16.8. The molecule has 0 spiro atoms. The number of sulfonamides is 1. The second kappa shape index (κ2) is 7.92. The number of anilines is 1. The maximum atomic E-state index is 13.1. The summed E-state index contributed by atoms with van der Waals surface area (Å²) in [5.74, 6) is -0.428. The third-order valence-corrected chi connectivity index (χ3v) is 6.95. The molecule has 8 nitrogen and oxygen atoms in total. The summed E-state index contributed by atoms with van der Waals surface area (Å²) in [6, 6.07) is 6.16. The molecule has 0 aliphatic carbocycles. The van der Waals surface area contributed by atoms with Gasteiger partial charge in [-0.05, 0) is 38.0 Å². The molecule has 1 amide bonds. The minimum absolute atomic E-state index is 0.0845. The maximum Gasteiger partial charge on any atom is 0.263 e. The number of amides is 1. The van der Waals surface area contributed by atoms with Crippen LogP contribution >= 0.6 is 0 Å². The third-order valence-electron chi connectivity index (χ3n) is 5.12. The van der Waals surface area contributed by atoms with E-state index in [9.17, 15) is 13.2 Å². The van der Waals surface area contributed by atoms with Gasteiger partial charge in [0.05, 0.1) is 5.56 Å². The van der Waals surface area contributed by atoms with Crippen molar-refractivity contribution >= 4 is 21.6 Å². The third kappa shape index (κ3) is 3.77. The molecule has 0 bridgehead atoms. The van der Waals surface area contributed by atoms with Gasteiger partial charge in [-0.15, -0.1) is 0 Å². The van der Waals surface area contributed by atoms with Gasteiger partial charge in [0.25, 0.3) is 15.9 Å². The van der Waals surface area contributed by atoms with Gasteiger partial charge in [0.2, 0.25) is 5.03 Å². The Hall–Kier alpha value is -2.39. The number of benzene rings is 1. The average molecular weight is 406 g/mol. The Morgan fingerprint density at radius 1 is 1.18 bits per heavy atom. The van der Waals surface area contributed by atoms with Crippen LogP contribution in [0.1, 0.15) is 28.4 Å². The summed E-state index contributed by atoms with van der Waals surface area (Å²) >= 11 is 0. The number of aryl methyl sites for hydroxylation is 2. The van der Waals surface area contributed by atoms with Crippen LogP contribution in [0.15, 0.2) is 29.4 Å². The molecule has 1 aliphatic heterocycles. The standard InChI is InChI=1S/C19H27N5O3S/c1-5-20-18(25)16-13-22(4)21-19(16)28(26,27)24-11-9-23(10-12-24)17-8-6-7-14(2)15(17)3/h6-8,13H,5,9-12H2,1-4H3,(H,20,25). The number of rotatable bonds is 5. The van der Waals surface area contributed by atoms with E-state index in [4.69, 9.17) is 0 Å². The summed E-state index contributed by atoms with van der Waals surface area (Å²) in [7, 11) is -2.23. The summed E-state index contributed by atoms with van der Waals surface area (Å²) < 4.78 is 29.1. The van der Waals surface area contributed by atoms with Crippen LogP contribution in [0, 0.1) is 13.8 Å². The van der Waals surface area contributed by atoms with Gasteiger partial charge in [0.1, 0.15) is 0 Å². The van der Waals surface area contributed by atoms with E-state index in [0.717, 1.165) is 5.69 Å². The lowest BCUT2D eigenvalue weighted by Crippen LogP contribution is -2.49. The molecule has 9 heteroatoms. The lowest BCUT2D eigenvalue weighted by molar-refractivity contribution is 0.0952. The molecule has 0 unspecified atom stereocenters. The lowest BCUT2D eigenvalue weighted by atomic mass is 10.1. The summed E-state index contributed by atoms with van der Waals surface area (Å²) in [6.07, 6.45) is 1.45. The summed E-state index contributed by atoms with van der Waals surface area (Å²) in [5.41, 5.74) is 3.65. The van der Waals surface area contributed by atoms with Crippen LogP contribution in [-0.2, 0) is 17.1 Å². The Balaban J connectivity index is 1.81. The minimum atomic E-state index is -3.85. The van der Waals surface area contributed by atoms with E-state index in [2.05, 4.69) is 41.3 Å². The largest absolute Gasteiger partial charge is 0.369 e. The molecule has 3 rings (SSSR count). The topological polar surface area (TPSA) is 87.5 Å². The first-order chi connectivity index (χ1) is 13.3. The number of hydrogen-bond acceptors (Lipinski definition) is 5. The van der Waals surface area contributed by atoms with Crippen molar-refractivity contribution < 1.29 is 13.2 Å². The van der Waals surface area contributed by atoms with Gasteiger partial charge in [0.15, 0.2) is 0 Å². The van der Waals surface area contributed by atoms with Crippen molar-refractivity contribution in [2.75, 3.05) is 37.6 Å². The van der Waals surface area contributed by atoms with Crippen molar-refractivity contribution in [3.63, 3.8) is 0 Å². The second-order valence-electron chi connectivity index (χ2n) is 6.99. The Morgan fingerprint density at radius 3 is 2.50 bits per heavy atom. The van der Waals surface area contributed by atoms with Crippen LogP contribution in [0.2, 0.25) is 0 Å². The van der Waals surface area contributed by atoms with Gasteiger partial charge in [-0.25, -0.2) is 8.42 Å². The Bertz CT molecular complexity index is 975. The van der Waals surface area contributed by atoms with Crippen LogP contribution in [0.4, 0.5) is 5.69 Å². The van der Waals surface area contributed by atoms with Crippen LogP contribution in [-0.4, -0.2) is 61.1 Å². The fourth-order valence-corrected chi connectivity index (χ4v) is 4.98. The number of carbonyl (C=O) groups is 1. The molecule has 152 valence electrons. The smallest absolute Gasteiger partial charge is 0.263 e. The molecular weight excluding hydrogens is 378 g/mol. The molecule has 1 saturated heterocycles. The fourth-order valence-electron chi connectivity index (χ4n) is 3.44. The van der Waals surface area contributed by atoms with Crippen LogP contribution < -0.4 is 10.2 Å². The number of nitrogens with one attached hydrogen (secondary N) is 1. The molecular formula is C19H27N5O3S. The number of piperazine rings is 1. The monoisotopic (exact) mass is 405 g/mol. The van der Waals surface area contributed by atoms with E-state index in [1.165, 1.54) is 26.3 Å². The van der Waals surface area contributed by atoms with Gasteiger partial charge in [-0.3, -0.25) is 9.48 Å². The molecule has 28 heavy (non-hydrogen) atoms. The number of carbonyl (C=O) groups excluding carboxylic acids is 1. The average Bonchev–Trinajstić information content (AvgIpc) is 3.07. The number of aromatic nitrogens is 2. The van der Waals surface area contributed by atoms with E-state index < -0.39 is 15.9 Å². The van der Waals surface area contributed by atoms with Gasteiger partial charge < -0.3 is 10.2 Å². The molecule has 1 aromatic carbocycles. The highest BCUT2D eigenvalue weighted by Crippen LogP contribution is 2.26. The molecule has 1 aliphatic rings. The molecule has 1 fully saturated rings. The lowest BCUT2D eigenvalue weighted by Gasteiger charge is -2.36. The summed E-state index contributed by atoms with van der Waals surface area (Å²) in [4.78, 5) is 14.5. The van der Waals surface area contributed by atoms with Crippen LogP contribution in [0.5, 0.6) is 0 Å². The molecule has 0 saturated carbocycles. The van der Waals surface area contributed by atoms with Crippen LogP contribution in [0.25, 0.3) is 0 Å². The van der Waals surface area contributed by atoms with Crippen molar-refractivity contribution in [1.82, 2.24) is 19.4 Å². The van der Waals surface area contributed by atoms with Gasteiger partial charge in [-0.1, -0.05) is 12.1 Å². The number of hydrogen-bond donors (Lipinski definition) is 1. The summed E-state index contributed by atoms with van der Waals surface area (Å²) in [6.45, 7) is 8.24. The predicted molar refractivity (Wildman–Crippen MR) is 108 cm³/mol. The van der Waals surface area contributed by atoms with E-state index in [0.29, 0.717) is 32.7 Å². The highest BCUT2D eigenvalue weighted by molar-refractivity contribution is 7.89. The van der Waals surface area contributed by atoms with Gasteiger partial charge >= 0.3 is 0 Å². The quantitative estimate of drug-likeness (QED) is 0.810. The molecule has 2 aromatic rings. The van der Waals surface area contributed by atoms with E-state index in [1.807, 2.05) is 6.07 Å². The molecule has 1 N–H and O–H groups in total. The maximum absolute atomic E-state index is 13.1. The van der Waals surface area contributed by atoms with E-state index in [1.54, 1.807) is 14.0 Å². The van der Waals surface area contributed by atoms with Crippen molar-refractivity contribution in [3.8, 4) is 0 Å². The van der Waals surface area contributed by atoms with Crippen molar-refractivity contribution in [2.24, 2.45) is 7.05 Å². The molecule has 1 aromatic heterocycles. The predicted octanol–water partition coefficient (Wildman–Crippen LogP) is 1.30. The molecule has 0 atom stereocenters. The first kappa shape index (κ1) is 20.3. The van der Waals surface area contributed by atoms with Crippen molar-refractivity contribution in [2.45, 2.75) is 25.8 Å². The van der Waals surface area contributed by atoms with Crippen LogP contribution in [0.3, 0.4) is 0 Å². The SMILES string of the molecule is CCNC(=O)c1cn(C)nc1S(=O)(=O)N1CCN(c2cccc(C)c2C)CC1. The Morgan fingerprint density at radius 2 is 1.86 bits per heavy atom. The van der Waals surface area contributed by atoms with Gasteiger partial charge in [-0.2, -0.15) is 9.40 Å². The Labute approximate surface area is 166 Å². The Kier molecular flexibility index (Phi) is 5.76. The first-order valence-electron chi connectivity index (χ1n) is 9.39. The van der Waals surface area contributed by atoms with E-state index in [-0.39, 0.29) is 10.6 Å². The van der Waals surface area contributed by atoms with Crippen molar-refractivity contribution in [3.05, 3.63) is 41.1 Å². The zero-order chi connectivity index (χ0) is 20.5. The second-order valence-corrected chi connectivity index (χ2v) is 8.84.